The fraction of sp³-hybridized carbons (Fsp3) is 0.188. The molecule has 1 heterocycles. The van der Waals surface area contributed by atoms with E-state index >= 15 is 0 Å². The summed E-state index contributed by atoms with van der Waals surface area (Å²) in [6, 6.07) is 32.1. The molecule has 1 aliphatic heterocycles. The number of ketones is 1. The number of rotatable bonds is 8. The summed E-state index contributed by atoms with van der Waals surface area (Å²) in [5.74, 6) is 1.46. The fourth-order valence-electron chi connectivity index (χ4n) is 4.66. The summed E-state index contributed by atoms with van der Waals surface area (Å²) < 4.78 is 12.2. The molecule has 0 fully saturated rings. The maximum atomic E-state index is 13.0. The number of para-hydroxylation sites is 1. The van der Waals surface area contributed by atoms with Gasteiger partial charge in [-0.1, -0.05) is 72.3 Å². The van der Waals surface area contributed by atoms with Crippen molar-refractivity contribution < 1.29 is 14.3 Å². The number of benzene rings is 4. The Morgan fingerprint density at radius 2 is 1.58 bits per heavy atom. The van der Waals surface area contributed by atoms with E-state index in [0.717, 1.165) is 33.6 Å². The Bertz CT molecular complexity index is 1470. The number of anilines is 2. The lowest BCUT2D eigenvalue weighted by atomic mass is 10.1. The lowest BCUT2D eigenvalue weighted by Gasteiger charge is -2.33. The average molecular weight is 506 g/mol. The third kappa shape index (κ3) is 4.98. The van der Waals surface area contributed by atoms with Crippen molar-refractivity contribution in [1.82, 2.24) is 0 Å². The number of nitrogens with zero attached hydrogens (tertiary/aromatic N) is 3. The van der Waals surface area contributed by atoms with Gasteiger partial charge < -0.3 is 9.47 Å². The van der Waals surface area contributed by atoms with Gasteiger partial charge in [-0.05, 0) is 55.3 Å². The first-order valence-electron chi connectivity index (χ1n) is 12.6. The van der Waals surface area contributed by atoms with E-state index in [0.29, 0.717) is 23.9 Å². The van der Waals surface area contributed by atoms with Gasteiger partial charge >= 0.3 is 0 Å². The van der Waals surface area contributed by atoms with E-state index in [1.165, 1.54) is 0 Å². The molecule has 5 rings (SSSR count). The minimum Gasteiger partial charge on any atom is -0.493 e. The van der Waals surface area contributed by atoms with Crippen molar-refractivity contribution in [2.24, 2.45) is 5.10 Å². The molecule has 0 amide bonds. The van der Waals surface area contributed by atoms with Crippen LogP contribution in [-0.4, -0.2) is 18.7 Å². The molecule has 0 aromatic heterocycles. The number of hydrazone groups is 1. The Labute approximate surface area is 223 Å². The van der Waals surface area contributed by atoms with E-state index in [1.54, 1.807) is 14.0 Å². The standard InChI is InChI=1S/C32H31N3O3/c1-22-16-18-26(19-17-22)35-32(34(31(33-35)24(3)36)27-13-8-10-23(2)20-27)28-14-9-15-29(37-4)30(28)38-21-25-11-6-5-7-12-25/h5-20,32H,21H2,1-4H3/t32-/m0/s1. The van der Waals surface area contributed by atoms with Crippen LogP contribution in [0.15, 0.2) is 102 Å². The van der Waals surface area contributed by atoms with E-state index in [1.807, 2.05) is 115 Å². The molecule has 1 atom stereocenters. The lowest BCUT2D eigenvalue weighted by Crippen LogP contribution is -2.38. The van der Waals surface area contributed by atoms with Crippen LogP contribution in [0.5, 0.6) is 11.5 Å². The number of Topliss-reactive ketones (excluding diaryl/α,β-unsaturated/α-hetero) is 1. The van der Waals surface area contributed by atoms with Crippen LogP contribution in [0.25, 0.3) is 0 Å². The number of hydrogen-bond acceptors (Lipinski definition) is 6. The number of aryl methyl sites for hydroxylation is 2. The first-order chi connectivity index (χ1) is 18.5. The van der Waals surface area contributed by atoms with Gasteiger partial charge in [0.2, 0.25) is 0 Å². The quantitative estimate of drug-likeness (QED) is 0.263. The van der Waals surface area contributed by atoms with Gasteiger partial charge in [-0.2, -0.15) is 0 Å². The van der Waals surface area contributed by atoms with Gasteiger partial charge in [0.15, 0.2) is 29.3 Å². The molecule has 0 spiro atoms. The lowest BCUT2D eigenvalue weighted by molar-refractivity contribution is -0.111. The SMILES string of the molecule is COc1cccc([C@@H]2N(c3ccc(C)cc3)N=C(C(C)=O)N2c2cccc(C)c2)c1OCc1ccccc1. The third-order valence-electron chi connectivity index (χ3n) is 6.53. The van der Waals surface area contributed by atoms with Crippen molar-refractivity contribution in [2.45, 2.75) is 33.5 Å². The Kier molecular flexibility index (Phi) is 7.13. The summed E-state index contributed by atoms with van der Waals surface area (Å²) in [7, 11) is 1.64. The van der Waals surface area contributed by atoms with Crippen molar-refractivity contribution in [3.63, 3.8) is 0 Å². The Morgan fingerprint density at radius 3 is 2.26 bits per heavy atom. The van der Waals surface area contributed by atoms with Gasteiger partial charge in [0.1, 0.15) is 6.61 Å². The fourth-order valence-corrected chi connectivity index (χ4v) is 4.66. The van der Waals surface area contributed by atoms with Crippen LogP contribution in [-0.2, 0) is 11.4 Å². The molecule has 4 aromatic carbocycles. The third-order valence-corrected chi connectivity index (χ3v) is 6.53. The topological polar surface area (TPSA) is 54.4 Å². The van der Waals surface area contributed by atoms with Gasteiger partial charge in [0.05, 0.1) is 12.8 Å². The molecular weight excluding hydrogens is 474 g/mol. The molecule has 0 N–H and O–H groups in total. The van der Waals surface area contributed by atoms with Crippen molar-refractivity contribution in [1.29, 1.82) is 0 Å². The van der Waals surface area contributed by atoms with Gasteiger partial charge in [-0.15, -0.1) is 5.10 Å². The van der Waals surface area contributed by atoms with Crippen LogP contribution in [0.2, 0.25) is 0 Å². The highest BCUT2D eigenvalue weighted by Crippen LogP contribution is 2.45. The first kappa shape index (κ1) is 25.1. The summed E-state index contributed by atoms with van der Waals surface area (Å²) in [5, 5.41) is 6.77. The second-order valence-corrected chi connectivity index (χ2v) is 9.40. The molecular formula is C32H31N3O3. The van der Waals surface area contributed by atoms with E-state index in [2.05, 4.69) is 6.07 Å². The van der Waals surface area contributed by atoms with E-state index < -0.39 is 6.17 Å². The van der Waals surface area contributed by atoms with Crippen LogP contribution in [0.1, 0.15) is 35.3 Å². The summed E-state index contributed by atoms with van der Waals surface area (Å²) in [6.45, 7) is 6.01. The second-order valence-electron chi connectivity index (χ2n) is 9.40. The van der Waals surface area contributed by atoms with Crippen molar-refractivity contribution in [2.75, 3.05) is 17.0 Å². The number of carbonyl (C=O) groups excluding carboxylic acids is 1. The first-order valence-corrected chi connectivity index (χ1v) is 12.6. The van der Waals surface area contributed by atoms with Crippen LogP contribution < -0.4 is 19.4 Å². The van der Waals surface area contributed by atoms with Gasteiger partial charge in [-0.3, -0.25) is 9.69 Å². The molecule has 0 unspecified atom stereocenters. The molecule has 38 heavy (non-hydrogen) atoms. The number of carbonyl (C=O) groups is 1. The Morgan fingerprint density at radius 1 is 0.842 bits per heavy atom. The zero-order valence-electron chi connectivity index (χ0n) is 22.1. The largest absolute Gasteiger partial charge is 0.493 e. The van der Waals surface area contributed by atoms with E-state index in [9.17, 15) is 4.79 Å². The molecule has 6 nitrogen and oxygen atoms in total. The van der Waals surface area contributed by atoms with E-state index in [4.69, 9.17) is 14.6 Å². The monoisotopic (exact) mass is 505 g/mol. The molecule has 0 radical (unpaired) electrons. The van der Waals surface area contributed by atoms with Gasteiger partial charge in [-0.25, -0.2) is 5.01 Å². The molecule has 0 bridgehead atoms. The van der Waals surface area contributed by atoms with E-state index in [-0.39, 0.29) is 5.78 Å². The molecule has 0 saturated carbocycles. The van der Waals surface area contributed by atoms with Crippen molar-refractivity contribution in [3.05, 3.63) is 119 Å². The van der Waals surface area contributed by atoms with Crippen LogP contribution in [0.3, 0.4) is 0 Å². The van der Waals surface area contributed by atoms with Gasteiger partial charge in [0.25, 0.3) is 0 Å². The minimum absolute atomic E-state index is 0.124. The predicted octanol–water partition coefficient (Wildman–Crippen LogP) is 6.82. The van der Waals surface area contributed by atoms with Crippen molar-refractivity contribution in [3.8, 4) is 11.5 Å². The molecule has 0 saturated heterocycles. The molecule has 4 aromatic rings. The van der Waals surface area contributed by atoms with Crippen molar-refractivity contribution >= 4 is 23.0 Å². The summed E-state index contributed by atoms with van der Waals surface area (Å²) in [4.78, 5) is 15.0. The van der Waals surface area contributed by atoms with Gasteiger partial charge in [0, 0.05) is 18.2 Å². The highest BCUT2D eigenvalue weighted by molar-refractivity contribution is 6.44. The zero-order valence-corrected chi connectivity index (χ0v) is 22.1. The predicted molar refractivity (Wildman–Crippen MR) is 152 cm³/mol. The molecule has 192 valence electrons. The summed E-state index contributed by atoms with van der Waals surface area (Å²) >= 11 is 0. The maximum absolute atomic E-state index is 13.0. The number of hydrogen-bond donors (Lipinski definition) is 0. The Hall–Kier alpha value is -4.58. The minimum atomic E-state index is -0.487. The number of amidine groups is 1. The maximum Gasteiger partial charge on any atom is 0.198 e. The smallest absolute Gasteiger partial charge is 0.198 e. The normalized spacial score (nSPS) is 14.8. The number of ether oxygens (including phenoxy) is 2. The highest BCUT2D eigenvalue weighted by Gasteiger charge is 2.41. The Balaban J connectivity index is 1.68. The average Bonchev–Trinajstić information content (AvgIpc) is 3.33. The highest BCUT2D eigenvalue weighted by atomic mass is 16.5. The second kappa shape index (κ2) is 10.8. The molecule has 0 aliphatic carbocycles. The van der Waals surface area contributed by atoms with Crippen LogP contribution in [0.4, 0.5) is 11.4 Å². The van der Waals surface area contributed by atoms with Crippen LogP contribution >= 0.6 is 0 Å². The summed E-state index contributed by atoms with van der Waals surface area (Å²) in [6.07, 6.45) is -0.487. The summed E-state index contributed by atoms with van der Waals surface area (Å²) in [5.41, 5.74) is 5.85. The zero-order chi connectivity index (χ0) is 26.6. The number of methoxy groups -OCH3 is 1. The van der Waals surface area contributed by atoms with Crippen LogP contribution in [0, 0.1) is 13.8 Å². The molecule has 6 heteroatoms. The molecule has 1 aliphatic rings.